The number of fused-ring (bicyclic) bond motifs is 1. The van der Waals surface area contributed by atoms with Gasteiger partial charge < -0.3 is 26.4 Å². The van der Waals surface area contributed by atoms with E-state index in [1.54, 1.807) is 31.6 Å². The van der Waals surface area contributed by atoms with Gasteiger partial charge in [-0.25, -0.2) is 14.2 Å². The number of ether oxygens (including phenoxy) is 1. The van der Waals surface area contributed by atoms with E-state index < -0.39 is 23.4 Å². The highest BCUT2D eigenvalue weighted by Crippen LogP contribution is 2.37. The number of hydrogen-bond donors (Lipinski definition) is 4. The molecule has 10 nitrogen and oxygen atoms in total. The summed E-state index contributed by atoms with van der Waals surface area (Å²) in [5, 5.41) is 14.3. The maximum absolute atomic E-state index is 15.2. The van der Waals surface area contributed by atoms with Crippen LogP contribution in [0.15, 0.2) is 30.5 Å². The summed E-state index contributed by atoms with van der Waals surface area (Å²) in [6.07, 6.45) is 3.65. The average molecular weight is 512 g/mol. The number of hydrogen-bond acceptors (Lipinski definition) is 7. The summed E-state index contributed by atoms with van der Waals surface area (Å²) < 4.78 is 22.3. The second kappa shape index (κ2) is 10.2. The lowest BCUT2D eigenvalue weighted by Gasteiger charge is -2.30. The van der Waals surface area contributed by atoms with Gasteiger partial charge in [-0.15, -0.1) is 0 Å². The molecule has 1 saturated carbocycles. The Morgan fingerprint density at radius 2 is 2.00 bits per heavy atom. The molecule has 0 aliphatic heterocycles. The zero-order valence-electron chi connectivity index (χ0n) is 21.8. The Balaban J connectivity index is 1.64. The van der Waals surface area contributed by atoms with Crippen molar-refractivity contribution < 1.29 is 18.7 Å². The first-order valence-electron chi connectivity index (χ1n) is 12.4. The zero-order valence-corrected chi connectivity index (χ0v) is 21.8. The minimum atomic E-state index is -0.810. The molecule has 0 saturated heterocycles. The van der Waals surface area contributed by atoms with Gasteiger partial charge in [-0.2, -0.15) is 5.10 Å². The van der Waals surface area contributed by atoms with Crippen LogP contribution < -0.4 is 21.7 Å². The summed E-state index contributed by atoms with van der Waals surface area (Å²) in [6, 6.07) is 6.05. The first kappa shape index (κ1) is 26.2. The third-order valence-corrected chi connectivity index (χ3v) is 6.30. The van der Waals surface area contributed by atoms with Crippen LogP contribution in [0.5, 0.6) is 0 Å². The van der Waals surface area contributed by atoms with Gasteiger partial charge in [-0.3, -0.25) is 9.48 Å². The molecule has 1 aliphatic carbocycles. The molecule has 2 heterocycles. The van der Waals surface area contributed by atoms with Crippen LogP contribution in [-0.4, -0.2) is 44.4 Å². The molecule has 4 rings (SSSR count). The molecule has 198 valence electrons. The lowest BCUT2D eigenvalue weighted by molar-refractivity contribution is 0.0495. The fourth-order valence-electron chi connectivity index (χ4n) is 4.35. The molecule has 2 atom stereocenters. The van der Waals surface area contributed by atoms with E-state index in [0.29, 0.717) is 12.1 Å². The van der Waals surface area contributed by atoms with Crippen LogP contribution in [0.2, 0.25) is 0 Å². The Labute approximate surface area is 215 Å². The predicted molar refractivity (Wildman–Crippen MR) is 140 cm³/mol. The Bertz CT molecular complexity index is 1310. The van der Waals surface area contributed by atoms with Gasteiger partial charge in [0.05, 0.1) is 35.0 Å². The maximum Gasteiger partial charge on any atom is 0.407 e. The van der Waals surface area contributed by atoms with Gasteiger partial charge in [-0.1, -0.05) is 13.0 Å². The molecule has 1 aromatic carbocycles. The number of primary amides is 1. The lowest BCUT2D eigenvalue weighted by Crippen LogP contribution is -2.49. The number of nitrogens with zero attached hydrogens (tertiary/aromatic N) is 3. The number of alkyl carbamates (subject to hydrolysis) is 1. The summed E-state index contributed by atoms with van der Waals surface area (Å²) in [6.45, 7) is 7.33. The SMILES string of the molecule is CC[C@H](NC(=O)OC(C)(C)C)[C@H](Nc1nc(Nc2cccc3c2cnn3C)c(C(N)=O)cc1F)C1CC1. The fourth-order valence-corrected chi connectivity index (χ4v) is 4.35. The first-order chi connectivity index (χ1) is 17.5. The van der Waals surface area contributed by atoms with Gasteiger partial charge in [0, 0.05) is 12.4 Å². The van der Waals surface area contributed by atoms with E-state index in [9.17, 15) is 9.59 Å². The van der Waals surface area contributed by atoms with E-state index in [0.717, 1.165) is 29.8 Å². The lowest BCUT2D eigenvalue weighted by atomic mass is 10.0. The number of carbonyl (C=O) groups is 2. The second-order valence-electron chi connectivity index (χ2n) is 10.4. The van der Waals surface area contributed by atoms with Crippen molar-refractivity contribution in [2.24, 2.45) is 18.7 Å². The summed E-state index contributed by atoms with van der Waals surface area (Å²) in [5.74, 6) is -1.20. The minimum Gasteiger partial charge on any atom is -0.444 e. The Kier molecular flexibility index (Phi) is 7.24. The summed E-state index contributed by atoms with van der Waals surface area (Å²) >= 11 is 0. The summed E-state index contributed by atoms with van der Waals surface area (Å²) in [7, 11) is 1.83. The number of rotatable bonds is 9. The van der Waals surface area contributed by atoms with E-state index in [2.05, 4.69) is 26.0 Å². The van der Waals surface area contributed by atoms with Gasteiger partial charge in [0.2, 0.25) is 0 Å². The minimum absolute atomic E-state index is 0.0350. The highest BCUT2D eigenvalue weighted by Gasteiger charge is 2.38. The maximum atomic E-state index is 15.2. The standard InChI is InChI=1S/C26H34FN7O3/c1-6-18(31-25(36)37-26(2,3)4)21(14-10-11-14)32-24-17(27)12-15(22(28)35)23(33-24)30-19-8-7-9-20-16(19)13-29-34(20)5/h7-9,12-14,18,21H,6,10-11H2,1-5H3,(H2,28,35)(H,31,36)(H2,30,32,33)/t18-,21+/m0/s1. The number of carbonyl (C=O) groups excluding carboxylic acids is 2. The van der Waals surface area contributed by atoms with E-state index in [4.69, 9.17) is 10.5 Å². The van der Waals surface area contributed by atoms with Crippen molar-refractivity contribution in [2.75, 3.05) is 10.6 Å². The van der Waals surface area contributed by atoms with Crippen LogP contribution in [0.3, 0.4) is 0 Å². The van der Waals surface area contributed by atoms with E-state index >= 15 is 4.39 Å². The molecule has 5 N–H and O–H groups in total. The molecule has 11 heteroatoms. The molecule has 3 aromatic rings. The van der Waals surface area contributed by atoms with Crippen molar-refractivity contribution in [3.63, 3.8) is 0 Å². The number of aromatic nitrogens is 3. The molecule has 0 unspecified atom stereocenters. The van der Waals surface area contributed by atoms with Gasteiger partial charge >= 0.3 is 6.09 Å². The van der Waals surface area contributed by atoms with Gasteiger partial charge in [-0.05, 0) is 64.2 Å². The van der Waals surface area contributed by atoms with Crippen molar-refractivity contribution in [1.82, 2.24) is 20.1 Å². The van der Waals surface area contributed by atoms with Crippen LogP contribution in [0.4, 0.5) is 26.5 Å². The monoisotopic (exact) mass is 511 g/mol. The highest BCUT2D eigenvalue weighted by atomic mass is 19.1. The molecule has 0 spiro atoms. The first-order valence-corrected chi connectivity index (χ1v) is 12.4. The van der Waals surface area contributed by atoms with Crippen LogP contribution in [0, 0.1) is 11.7 Å². The van der Waals surface area contributed by atoms with Crippen molar-refractivity contribution in [1.29, 1.82) is 0 Å². The average Bonchev–Trinajstić information content (AvgIpc) is 3.59. The van der Waals surface area contributed by atoms with Gasteiger partial charge in [0.15, 0.2) is 11.6 Å². The van der Waals surface area contributed by atoms with E-state index in [-0.39, 0.29) is 35.2 Å². The largest absolute Gasteiger partial charge is 0.444 e. The smallest absolute Gasteiger partial charge is 0.407 e. The molecule has 2 aromatic heterocycles. The number of benzene rings is 1. The molecule has 37 heavy (non-hydrogen) atoms. The van der Waals surface area contributed by atoms with E-state index in [1.165, 1.54) is 0 Å². The van der Waals surface area contributed by atoms with Crippen molar-refractivity contribution in [3.8, 4) is 0 Å². The molecule has 0 radical (unpaired) electrons. The molecule has 2 amide bonds. The van der Waals surface area contributed by atoms with Crippen LogP contribution in [0.1, 0.15) is 57.3 Å². The topological polar surface area (TPSA) is 136 Å². The molecule has 0 bridgehead atoms. The Hall–Kier alpha value is -3.89. The molecular formula is C26H34FN7O3. The Morgan fingerprint density at radius 1 is 1.27 bits per heavy atom. The quantitative estimate of drug-likeness (QED) is 0.333. The highest BCUT2D eigenvalue weighted by molar-refractivity contribution is 6.00. The number of aryl methyl sites for hydroxylation is 1. The third-order valence-electron chi connectivity index (χ3n) is 6.30. The molecule has 1 aliphatic rings. The van der Waals surface area contributed by atoms with Gasteiger partial charge in [0.1, 0.15) is 11.4 Å². The van der Waals surface area contributed by atoms with Gasteiger partial charge in [0.25, 0.3) is 5.91 Å². The van der Waals surface area contributed by atoms with Crippen molar-refractivity contribution in [2.45, 2.75) is 64.6 Å². The normalized spacial score (nSPS) is 15.2. The number of amides is 2. The fraction of sp³-hybridized carbons (Fsp3) is 0.462. The molecule has 1 fully saturated rings. The zero-order chi connectivity index (χ0) is 26.9. The number of anilines is 3. The van der Waals surface area contributed by atoms with E-state index in [1.807, 2.05) is 32.2 Å². The number of nitrogens with one attached hydrogen (secondary N) is 3. The summed E-state index contributed by atoms with van der Waals surface area (Å²) in [5.41, 5.74) is 6.36. The second-order valence-corrected chi connectivity index (χ2v) is 10.4. The molecular weight excluding hydrogens is 477 g/mol. The predicted octanol–water partition coefficient (Wildman–Crippen LogP) is 4.44. The summed E-state index contributed by atoms with van der Waals surface area (Å²) in [4.78, 5) is 29.1. The van der Waals surface area contributed by atoms with Crippen LogP contribution in [0.25, 0.3) is 10.9 Å². The number of halogens is 1. The van der Waals surface area contributed by atoms with Crippen LogP contribution in [-0.2, 0) is 11.8 Å². The number of nitrogens with two attached hydrogens (primary N) is 1. The Morgan fingerprint density at radius 3 is 2.62 bits per heavy atom. The van der Waals surface area contributed by atoms with Crippen LogP contribution >= 0.6 is 0 Å². The number of pyridine rings is 1. The van der Waals surface area contributed by atoms with Crippen molar-refractivity contribution in [3.05, 3.63) is 41.8 Å². The third kappa shape index (κ3) is 6.10. The van der Waals surface area contributed by atoms with Crippen molar-refractivity contribution >= 4 is 40.2 Å².